The van der Waals surface area contributed by atoms with E-state index in [2.05, 4.69) is 31.0 Å². The third-order valence-electron chi connectivity index (χ3n) is 3.03. The molecule has 1 unspecified atom stereocenters. The molecular weight excluding hydrogens is 160 g/mol. The molecule has 1 rings (SSSR count). The van der Waals surface area contributed by atoms with Gasteiger partial charge in [-0.1, -0.05) is 13.8 Å². The van der Waals surface area contributed by atoms with Gasteiger partial charge in [-0.05, 0) is 32.7 Å². The zero-order valence-electron chi connectivity index (χ0n) is 9.34. The Morgan fingerprint density at radius 1 is 1.38 bits per heavy atom. The van der Waals surface area contributed by atoms with Crippen LogP contribution >= 0.6 is 0 Å². The number of hydrogen-bond donors (Lipinski definition) is 1. The maximum absolute atomic E-state index is 3.56. The molecule has 0 aromatic heterocycles. The van der Waals surface area contributed by atoms with Crippen LogP contribution in [0.25, 0.3) is 0 Å². The first-order chi connectivity index (χ1) is 6.27. The van der Waals surface area contributed by atoms with Crippen LogP contribution in [0, 0.1) is 0 Å². The molecule has 1 atom stereocenters. The molecule has 0 aromatic carbocycles. The van der Waals surface area contributed by atoms with Crippen molar-refractivity contribution in [2.75, 3.05) is 19.6 Å². The Balaban J connectivity index is 2.06. The highest BCUT2D eigenvalue weighted by Gasteiger charge is 2.20. The summed E-state index contributed by atoms with van der Waals surface area (Å²) < 4.78 is 0. The van der Waals surface area contributed by atoms with Crippen LogP contribution in [0.5, 0.6) is 0 Å². The predicted molar refractivity (Wildman–Crippen MR) is 58.0 cm³/mol. The summed E-state index contributed by atoms with van der Waals surface area (Å²) in [6.45, 7) is 10.4. The third-order valence-corrected chi connectivity index (χ3v) is 3.03. The highest BCUT2D eigenvalue weighted by molar-refractivity contribution is 4.81. The van der Waals surface area contributed by atoms with E-state index in [1.54, 1.807) is 0 Å². The van der Waals surface area contributed by atoms with Gasteiger partial charge in [0.1, 0.15) is 0 Å². The summed E-state index contributed by atoms with van der Waals surface area (Å²) in [4.78, 5) is 2.55. The van der Waals surface area contributed by atoms with Crippen molar-refractivity contribution < 1.29 is 0 Å². The Morgan fingerprint density at radius 2 is 2.08 bits per heavy atom. The van der Waals surface area contributed by atoms with Crippen LogP contribution in [0.15, 0.2) is 0 Å². The summed E-state index contributed by atoms with van der Waals surface area (Å²) >= 11 is 0. The zero-order chi connectivity index (χ0) is 9.68. The van der Waals surface area contributed by atoms with Crippen molar-refractivity contribution in [1.29, 1.82) is 0 Å². The Kier molecular flexibility index (Phi) is 4.74. The van der Waals surface area contributed by atoms with Crippen LogP contribution in [0.1, 0.15) is 40.0 Å². The molecule has 78 valence electrons. The molecule has 1 fully saturated rings. The molecule has 0 heterocycles. The maximum atomic E-state index is 3.56. The van der Waals surface area contributed by atoms with Gasteiger partial charge in [-0.2, -0.15) is 0 Å². The minimum absolute atomic E-state index is 0.742. The second-order valence-electron chi connectivity index (χ2n) is 4.11. The van der Waals surface area contributed by atoms with E-state index in [0.717, 1.165) is 12.1 Å². The van der Waals surface area contributed by atoms with Gasteiger partial charge in [0.15, 0.2) is 0 Å². The van der Waals surface area contributed by atoms with Gasteiger partial charge in [0.05, 0.1) is 0 Å². The topological polar surface area (TPSA) is 15.3 Å². The van der Waals surface area contributed by atoms with E-state index in [-0.39, 0.29) is 0 Å². The first-order valence-corrected chi connectivity index (χ1v) is 5.75. The minimum atomic E-state index is 0.742. The first-order valence-electron chi connectivity index (χ1n) is 5.75. The van der Waals surface area contributed by atoms with E-state index in [0.29, 0.717) is 0 Å². The Hall–Kier alpha value is -0.0800. The molecule has 1 N–H and O–H groups in total. The minimum Gasteiger partial charge on any atom is -0.313 e. The molecular formula is C11H24N2. The largest absolute Gasteiger partial charge is 0.313 e. The second kappa shape index (κ2) is 5.61. The fourth-order valence-electron chi connectivity index (χ4n) is 1.65. The van der Waals surface area contributed by atoms with Crippen molar-refractivity contribution in [2.24, 2.45) is 0 Å². The van der Waals surface area contributed by atoms with Crippen LogP contribution in [0.2, 0.25) is 0 Å². The fourth-order valence-corrected chi connectivity index (χ4v) is 1.65. The van der Waals surface area contributed by atoms with Crippen molar-refractivity contribution in [3.8, 4) is 0 Å². The van der Waals surface area contributed by atoms with E-state index in [4.69, 9.17) is 0 Å². The van der Waals surface area contributed by atoms with Crippen molar-refractivity contribution in [2.45, 2.75) is 52.1 Å². The number of rotatable bonds is 7. The van der Waals surface area contributed by atoms with Crippen LogP contribution < -0.4 is 5.32 Å². The predicted octanol–water partition coefficient (Wildman–Crippen LogP) is 1.86. The Bertz CT molecular complexity index is 132. The summed E-state index contributed by atoms with van der Waals surface area (Å²) in [5, 5.41) is 3.56. The smallest absolute Gasteiger partial charge is 0.0110 e. The monoisotopic (exact) mass is 184 g/mol. The van der Waals surface area contributed by atoms with Crippen molar-refractivity contribution >= 4 is 0 Å². The highest BCUT2D eigenvalue weighted by atomic mass is 15.2. The molecule has 0 aromatic rings. The van der Waals surface area contributed by atoms with E-state index in [9.17, 15) is 0 Å². The van der Waals surface area contributed by atoms with Crippen LogP contribution in [-0.4, -0.2) is 36.6 Å². The van der Waals surface area contributed by atoms with E-state index in [1.165, 1.54) is 38.9 Å². The van der Waals surface area contributed by atoms with Gasteiger partial charge >= 0.3 is 0 Å². The Morgan fingerprint density at radius 3 is 2.54 bits per heavy atom. The normalized spacial score (nSPS) is 19.4. The van der Waals surface area contributed by atoms with Crippen molar-refractivity contribution in [3.05, 3.63) is 0 Å². The average molecular weight is 184 g/mol. The molecule has 0 bridgehead atoms. The fraction of sp³-hybridized carbons (Fsp3) is 1.00. The molecule has 0 spiro atoms. The zero-order valence-corrected chi connectivity index (χ0v) is 9.34. The maximum Gasteiger partial charge on any atom is 0.0110 e. The summed E-state index contributed by atoms with van der Waals surface area (Å²) in [5.41, 5.74) is 0. The van der Waals surface area contributed by atoms with Gasteiger partial charge in [-0.15, -0.1) is 0 Å². The van der Waals surface area contributed by atoms with E-state index < -0.39 is 0 Å². The molecule has 2 nitrogen and oxygen atoms in total. The lowest BCUT2D eigenvalue weighted by molar-refractivity contribution is 0.215. The molecule has 0 saturated heterocycles. The quantitative estimate of drug-likeness (QED) is 0.649. The first kappa shape index (κ1) is 11.0. The number of nitrogens with zero attached hydrogens (tertiary/aromatic N) is 1. The third kappa shape index (κ3) is 4.10. The van der Waals surface area contributed by atoms with Crippen molar-refractivity contribution in [1.82, 2.24) is 10.2 Å². The SMILES string of the molecule is CCC(C)N(CC)CCNC1CC1. The lowest BCUT2D eigenvalue weighted by atomic mass is 10.2. The summed E-state index contributed by atoms with van der Waals surface area (Å²) in [5.74, 6) is 0. The molecule has 1 aliphatic carbocycles. The molecule has 1 saturated carbocycles. The lowest BCUT2D eigenvalue weighted by Gasteiger charge is -2.26. The van der Waals surface area contributed by atoms with Crippen LogP contribution in [0.3, 0.4) is 0 Å². The van der Waals surface area contributed by atoms with Gasteiger partial charge < -0.3 is 5.32 Å². The lowest BCUT2D eigenvalue weighted by Crippen LogP contribution is -2.38. The highest BCUT2D eigenvalue weighted by Crippen LogP contribution is 2.18. The van der Waals surface area contributed by atoms with E-state index >= 15 is 0 Å². The second-order valence-corrected chi connectivity index (χ2v) is 4.11. The van der Waals surface area contributed by atoms with Gasteiger partial charge in [-0.25, -0.2) is 0 Å². The van der Waals surface area contributed by atoms with Gasteiger partial charge in [-0.3, -0.25) is 4.90 Å². The Labute approximate surface area is 82.7 Å². The molecule has 2 heteroatoms. The summed E-state index contributed by atoms with van der Waals surface area (Å²) in [6.07, 6.45) is 4.06. The summed E-state index contributed by atoms with van der Waals surface area (Å²) in [6, 6.07) is 1.60. The van der Waals surface area contributed by atoms with Crippen LogP contribution in [0.4, 0.5) is 0 Å². The molecule has 0 radical (unpaired) electrons. The molecule has 0 aliphatic heterocycles. The van der Waals surface area contributed by atoms with Crippen molar-refractivity contribution in [3.63, 3.8) is 0 Å². The number of nitrogens with one attached hydrogen (secondary N) is 1. The van der Waals surface area contributed by atoms with Gasteiger partial charge in [0.2, 0.25) is 0 Å². The number of likely N-dealkylation sites (N-methyl/N-ethyl adjacent to an activating group) is 1. The molecule has 0 amide bonds. The molecule has 1 aliphatic rings. The van der Waals surface area contributed by atoms with Crippen LogP contribution in [-0.2, 0) is 0 Å². The summed E-state index contributed by atoms with van der Waals surface area (Å²) in [7, 11) is 0. The standard InChI is InChI=1S/C11H24N2/c1-4-10(3)13(5-2)9-8-12-11-6-7-11/h10-12H,4-9H2,1-3H3. The average Bonchev–Trinajstić information content (AvgIpc) is 2.95. The van der Waals surface area contributed by atoms with Gasteiger partial charge in [0.25, 0.3) is 0 Å². The van der Waals surface area contributed by atoms with Gasteiger partial charge in [0, 0.05) is 25.2 Å². The van der Waals surface area contributed by atoms with E-state index in [1.807, 2.05) is 0 Å². The molecule has 13 heavy (non-hydrogen) atoms. The number of hydrogen-bond acceptors (Lipinski definition) is 2.